The molecule has 0 bridgehead atoms. The number of rotatable bonds is 4. The molecule has 6 heteroatoms. The van der Waals surface area contributed by atoms with E-state index < -0.39 is 17.4 Å². The lowest BCUT2D eigenvalue weighted by Crippen LogP contribution is -2.60. The molecule has 0 saturated heterocycles. The molecule has 2 rings (SSSR count). The Hall–Kier alpha value is -1.56. The first-order chi connectivity index (χ1) is 8.87. The Labute approximate surface area is 109 Å². The van der Waals surface area contributed by atoms with Crippen LogP contribution in [-0.4, -0.2) is 27.5 Å². The first-order valence-corrected chi connectivity index (χ1v) is 6.16. The van der Waals surface area contributed by atoms with Crippen LogP contribution in [-0.2, 0) is 11.3 Å². The van der Waals surface area contributed by atoms with E-state index in [9.17, 15) is 18.7 Å². The zero-order chi connectivity index (χ0) is 14.1. The van der Waals surface area contributed by atoms with Gasteiger partial charge in [0.2, 0.25) is 0 Å². The largest absolute Gasteiger partial charge is 0.383 e. The molecule has 0 atom stereocenters. The standard InChI is InChI=1S/C13H16F2N2O2/c1-9-4-2-7-16-10(9)8-17-11(18)13(14,15)12(19)5-3-6-12/h2,4,7,19H,3,5-6,8H2,1H3,(H,17,18). The Morgan fingerprint density at radius 2 is 2.26 bits per heavy atom. The van der Waals surface area contributed by atoms with Crippen LogP contribution < -0.4 is 5.32 Å². The molecule has 0 unspecified atom stereocenters. The van der Waals surface area contributed by atoms with E-state index in [0.717, 1.165) is 5.56 Å². The highest BCUT2D eigenvalue weighted by atomic mass is 19.3. The maximum absolute atomic E-state index is 13.8. The molecule has 1 saturated carbocycles. The van der Waals surface area contributed by atoms with Crippen molar-refractivity contribution < 1.29 is 18.7 Å². The van der Waals surface area contributed by atoms with E-state index in [4.69, 9.17) is 0 Å². The smallest absolute Gasteiger partial charge is 0.352 e. The van der Waals surface area contributed by atoms with Crippen molar-refractivity contribution in [1.29, 1.82) is 0 Å². The van der Waals surface area contributed by atoms with E-state index >= 15 is 0 Å². The van der Waals surface area contributed by atoms with E-state index in [1.165, 1.54) is 6.20 Å². The number of aryl methyl sites for hydroxylation is 1. The first kappa shape index (κ1) is 13.9. The summed E-state index contributed by atoms with van der Waals surface area (Å²) in [5.41, 5.74) is -0.836. The van der Waals surface area contributed by atoms with Crippen LogP contribution in [0.3, 0.4) is 0 Å². The summed E-state index contributed by atoms with van der Waals surface area (Å²) in [5, 5.41) is 11.8. The molecule has 0 radical (unpaired) electrons. The summed E-state index contributed by atoms with van der Waals surface area (Å²) in [4.78, 5) is 15.5. The Morgan fingerprint density at radius 1 is 1.58 bits per heavy atom. The number of halogens is 2. The van der Waals surface area contributed by atoms with Gasteiger partial charge in [0.25, 0.3) is 5.91 Å². The Bertz CT molecular complexity index is 487. The van der Waals surface area contributed by atoms with E-state index in [0.29, 0.717) is 12.1 Å². The number of nitrogens with zero attached hydrogens (tertiary/aromatic N) is 1. The summed E-state index contributed by atoms with van der Waals surface area (Å²) in [6, 6.07) is 3.51. The third-order valence-corrected chi connectivity index (χ3v) is 3.58. The number of pyridine rings is 1. The molecule has 1 aromatic rings. The second kappa shape index (κ2) is 4.85. The number of hydrogen-bond donors (Lipinski definition) is 2. The lowest BCUT2D eigenvalue weighted by atomic mass is 9.75. The maximum Gasteiger partial charge on any atom is 0.352 e. The number of hydrogen-bond acceptors (Lipinski definition) is 3. The summed E-state index contributed by atoms with van der Waals surface area (Å²) in [6.45, 7) is 1.71. The molecule has 1 aliphatic carbocycles. The molecule has 1 amide bonds. The Balaban J connectivity index is 2.00. The number of nitrogens with one attached hydrogen (secondary N) is 1. The topological polar surface area (TPSA) is 62.2 Å². The van der Waals surface area contributed by atoms with Crippen molar-refractivity contribution in [3.05, 3.63) is 29.6 Å². The van der Waals surface area contributed by atoms with Gasteiger partial charge in [0.1, 0.15) is 5.60 Å². The van der Waals surface area contributed by atoms with Crippen LogP contribution in [0.2, 0.25) is 0 Å². The minimum atomic E-state index is -3.76. The van der Waals surface area contributed by atoms with E-state index in [1.54, 1.807) is 19.1 Å². The minimum Gasteiger partial charge on any atom is -0.383 e. The molecule has 0 spiro atoms. The van der Waals surface area contributed by atoms with Crippen molar-refractivity contribution in [2.24, 2.45) is 0 Å². The van der Waals surface area contributed by atoms with E-state index in [1.807, 2.05) is 0 Å². The third kappa shape index (κ3) is 2.45. The normalized spacial score (nSPS) is 17.7. The first-order valence-electron chi connectivity index (χ1n) is 6.16. The second-order valence-corrected chi connectivity index (χ2v) is 4.91. The zero-order valence-electron chi connectivity index (χ0n) is 10.6. The SMILES string of the molecule is Cc1cccnc1CNC(=O)C(F)(F)C1(O)CCC1. The van der Waals surface area contributed by atoms with Crippen LogP contribution >= 0.6 is 0 Å². The van der Waals surface area contributed by atoms with Crippen LogP contribution in [0, 0.1) is 6.92 Å². The van der Waals surface area contributed by atoms with Gasteiger partial charge >= 0.3 is 5.92 Å². The second-order valence-electron chi connectivity index (χ2n) is 4.91. The molecule has 0 aliphatic heterocycles. The summed E-state index contributed by atoms with van der Waals surface area (Å²) in [7, 11) is 0. The van der Waals surface area contributed by atoms with Crippen molar-refractivity contribution in [1.82, 2.24) is 10.3 Å². The summed E-state index contributed by atoms with van der Waals surface area (Å²) in [5.74, 6) is -5.20. The average Bonchev–Trinajstić information content (AvgIpc) is 2.34. The number of alkyl halides is 2. The highest BCUT2D eigenvalue weighted by Gasteiger charge is 2.61. The van der Waals surface area contributed by atoms with Crippen molar-refractivity contribution in [3.8, 4) is 0 Å². The summed E-state index contributed by atoms with van der Waals surface area (Å²) in [6.07, 6.45) is 1.96. The predicted octanol–water partition coefficient (Wildman–Crippen LogP) is 1.56. The highest BCUT2D eigenvalue weighted by molar-refractivity contribution is 5.85. The Kier molecular flexibility index (Phi) is 3.54. The third-order valence-electron chi connectivity index (χ3n) is 3.58. The van der Waals surface area contributed by atoms with Gasteiger partial charge in [-0.3, -0.25) is 9.78 Å². The lowest BCUT2D eigenvalue weighted by molar-refractivity contribution is -0.216. The molecule has 2 N–H and O–H groups in total. The van der Waals surface area contributed by atoms with Gasteiger partial charge in [-0.1, -0.05) is 6.07 Å². The number of carbonyl (C=O) groups is 1. The molecule has 1 aliphatic rings. The van der Waals surface area contributed by atoms with Gasteiger partial charge in [-0.2, -0.15) is 8.78 Å². The van der Waals surface area contributed by atoms with Gasteiger partial charge in [-0.25, -0.2) is 0 Å². The molecule has 1 fully saturated rings. The highest BCUT2D eigenvalue weighted by Crippen LogP contribution is 2.44. The fourth-order valence-electron chi connectivity index (χ4n) is 2.02. The van der Waals surface area contributed by atoms with Gasteiger partial charge in [0, 0.05) is 6.20 Å². The van der Waals surface area contributed by atoms with E-state index in [-0.39, 0.29) is 19.4 Å². The van der Waals surface area contributed by atoms with Gasteiger partial charge in [-0.05, 0) is 37.8 Å². The minimum absolute atomic E-state index is 0.0456. The molecule has 104 valence electrons. The molecule has 1 heterocycles. The Morgan fingerprint density at radius 3 is 2.79 bits per heavy atom. The lowest BCUT2D eigenvalue weighted by Gasteiger charge is -2.41. The zero-order valence-corrected chi connectivity index (χ0v) is 10.6. The van der Waals surface area contributed by atoms with Gasteiger partial charge < -0.3 is 10.4 Å². The van der Waals surface area contributed by atoms with Crippen molar-refractivity contribution in [2.45, 2.75) is 44.3 Å². The van der Waals surface area contributed by atoms with Crippen LogP contribution in [0.5, 0.6) is 0 Å². The maximum atomic E-state index is 13.8. The number of amides is 1. The molecule has 4 nitrogen and oxygen atoms in total. The van der Waals surface area contributed by atoms with Crippen molar-refractivity contribution in [3.63, 3.8) is 0 Å². The van der Waals surface area contributed by atoms with Crippen molar-refractivity contribution >= 4 is 5.91 Å². The molecule has 19 heavy (non-hydrogen) atoms. The average molecular weight is 270 g/mol. The fraction of sp³-hybridized carbons (Fsp3) is 0.538. The number of carbonyl (C=O) groups excluding carboxylic acids is 1. The molecular formula is C13H16F2N2O2. The molecule has 0 aromatic carbocycles. The van der Waals surface area contributed by atoms with Gasteiger partial charge in [0.15, 0.2) is 0 Å². The number of aromatic nitrogens is 1. The van der Waals surface area contributed by atoms with Crippen LogP contribution in [0.15, 0.2) is 18.3 Å². The van der Waals surface area contributed by atoms with Crippen LogP contribution in [0.25, 0.3) is 0 Å². The number of aliphatic hydroxyl groups is 1. The molecular weight excluding hydrogens is 254 g/mol. The summed E-state index contributed by atoms with van der Waals surface area (Å²) >= 11 is 0. The van der Waals surface area contributed by atoms with Crippen molar-refractivity contribution in [2.75, 3.05) is 0 Å². The molecule has 1 aromatic heterocycles. The monoisotopic (exact) mass is 270 g/mol. The van der Waals surface area contributed by atoms with Crippen LogP contribution in [0.4, 0.5) is 8.78 Å². The van der Waals surface area contributed by atoms with Gasteiger partial charge in [0.05, 0.1) is 12.2 Å². The van der Waals surface area contributed by atoms with Crippen LogP contribution in [0.1, 0.15) is 30.5 Å². The fourth-order valence-corrected chi connectivity index (χ4v) is 2.02. The van der Waals surface area contributed by atoms with E-state index in [2.05, 4.69) is 10.3 Å². The quantitative estimate of drug-likeness (QED) is 0.872. The summed E-state index contributed by atoms with van der Waals surface area (Å²) < 4.78 is 27.5. The van der Waals surface area contributed by atoms with Gasteiger partial charge in [-0.15, -0.1) is 0 Å². The predicted molar refractivity (Wildman–Crippen MR) is 64.6 cm³/mol.